The van der Waals surface area contributed by atoms with Crippen LogP contribution in [0, 0.1) is 37.8 Å². The van der Waals surface area contributed by atoms with Gasteiger partial charge in [0.1, 0.15) is 6.54 Å². The lowest BCUT2D eigenvalue weighted by molar-refractivity contribution is -0.385. The molecule has 0 bridgehead atoms. The number of aryl methyl sites for hydroxylation is 4. The van der Waals surface area contributed by atoms with Gasteiger partial charge in [0.25, 0.3) is 15.7 Å². The fraction of sp³-hybridized carbons (Fsp3) is 0.316. The van der Waals surface area contributed by atoms with Gasteiger partial charge in [-0.1, -0.05) is 23.8 Å². The quantitative estimate of drug-likeness (QED) is 0.414. The normalized spacial score (nSPS) is 11.2. The van der Waals surface area contributed by atoms with Crippen LogP contribution in [0.3, 0.4) is 0 Å². The van der Waals surface area contributed by atoms with Crippen molar-refractivity contribution in [2.45, 2.75) is 32.6 Å². The number of hydrogen-bond acceptors (Lipinski definition) is 6. The first-order valence-corrected chi connectivity index (χ1v) is 9.85. The van der Waals surface area contributed by atoms with Gasteiger partial charge in [0, 0.05) is 12.1 Å². The minimum Gasteiger partial charge on any atom is -0.468 e. The molecule has 0 spiro atoms. The second-order valence-electron chi connectivity index (χ2n) is 6.54. The van der Waals surface area contributed by atoms with Crippen molar-refractivity contribution in [2.75, 3.05) is 18.0 Å². The average molecular weight is 406 g/mol. The van der Waals surface area contributed by atoms with Crippen molar-refractivity contribution < 1.29 is 22.9 Å². The number of anilines is 1. The predicted octanol–water partition coefficient (Wildman–Crippen LogP) is 3.20. The Hall–Kier alpha value is -2.94. The number of carbonyl (C=O) groups excluding carboxylic acids is 1. The molecule has 2 aromatic rings. The molecule has 0 saturated carbocycles. The van der Waals surface area contributed by atoms with Crippen LogP contribution in [0.4, 0.5) is 11.4 Å². The number of hydrogen-bond donors (Lipinski definition) is 0. The third kappa shape index (κ3) is 4.14. The Bertz CT molecular complexity index is 1020. The average Bonchev–Trinajstić information content (AvgIpc) is 2.59. The number of esters is 1. The SMILES string of the molecule is COC(=O)CN(c1c(C)cc(C)cc1C)S(=O)(=O)c1cc([N+](=O)[O-])ccc1C. The van der Waals surface area contributed by atoms with Crippen LogP contribution >= 0.6 is 0 Å². The van der Waals surface area contributed by atoms with Gasteiger partial charge in [0.05, 0.1) is 22.6 Å². The van der Waals surface area contributed by atoms with Crippen LogP contribution in [-0.2, 0) is 19.6 Å². The van der Waals surface area contributed by atoms with Crippen molar-refractivity contribution in [3.05, 3.63) is 62.7 Å². The molecular weight excluding hydrogens is 384 g/mol. The number of nitrogens with zero attached hydrogens (tertiary/aromatic N) is 2. The lowest BCUT2D eigenvalue weighted by atomic mass is 10.1. The van der Waals surface area contributed by atoms with Gasteiger partial charge in [0.2, 0.25) is 0 Å². The summed E-state index contributed by atoms with van der Waals surface area (Å²) >= 11 is 0. The summed E-state index contributed by atoms with van der Waals surface area (Å²) in [5.41, 5.74) is 2.60. The lowest BCUT2D eigenvalue weighted by Crippen LogP contribution is -2.37. The van der Waals surface area contributed by atoms with Crippen LogP contribution in [-0.4, -0.2) is 33.0 Å². The molecule has 28 heavy (non-hydrogen) atoms. The summed E-state index contributed by atoms with van der Waals surface area (Å²) in [6.45, 7) is 6.37. The molecule has 9 heteroatoms. The molecule has 0 aliphatic heterocycles. The Morgan fingerprint density at radius 3 is 2.14 bits per heavy atom. The molecule has 0 atom stereocenters. The molecular formula is C19H22N2O6S. The molecule has 0 heterocycles. The summed E-state index contributed by atoms with van der Waals surface area (Å²) in [5.74, 6) is -0.744. The minimum absolute atomic E-state index is 0.232. The van der Waals surface area contributed by atoms with Gasteiger partial charge in [-0.2, -0.15) is 0 Å². The summed E-state index contributed by atoms with van der Waals surface area (Å²) in [6.07, 6.45) is 0. The summed E-state index contributed by atoms with van der Waals surface area (Å²) in [4.78, 5) is 22.2. The predicted molar refractivity (Wildman–Crippen MR) is 105 cm³/mol. The smallest absolute Gasteiger partial charge is 0.326 e. The van der Waals surface area contributed by atoms with Crippen LogP contribution in [0.15, 0.2) is 35.2 Å². The number of non-ortho nitro benzene ring substituents is 1. The zero-order valence-corrected chi connectivity index (χ0v) is 17.2. The van der Waals surface area contributed by atoms with Gasteiger partial charge >= 0.3 is 5.97 Å². The van der Waals surface area contributed by atoms with Crippen molar-refractivity contribution in [1.29, 1.82) is 0 Å². The first-order valence-electron chi connectivity index (χ1n) is 8.41. The number of nitro benzene ring substituents is 1. The van der Waals surface area contributed by atoms with Crippen LogP contribution < -0.4 is 4.31 Å². The van der Waals surface area contributed by atoms with Crippen molar-refractivity contribution in [3.63, 3.8) is 0 Å². The standard InChI is InChI=1S/C19H22N2O6S/c1-12-8-14(3)19(15(4)9-12)20(11-18(22)27-5)28(25,26)17-10-16(21(23)24)7-6-13(17)2/h6-10H,11H2,1-5H3. The zero-order valence-electron chi connectivity index (χ0n) is 16.3. The molecule has 0 N–H and O–H groups in total. The van der Waals surface area contributed by atoms with Gasteiger partial charge < -0.3 is 4.74 Å². The first kappa shape index (κ1) is 21.4. The topological polar surface area (TPSA) is 107 Å². The number of rotatable bonds is 6. The van der Waals surface area contributed by atoms with E-state index in [1.165, 1.54) is 19.2 Å². The van der Waals surface area contributed by atoms with E-state index < -0.39 is 27.5 Å². The number of nitro groups is 1. The van der Waals surface area contributed by atoms with Crippen molar-refractivity contribution >= 4 is 27.4 Å². The summed E-state index contributed by atoms with van der Waals surface area (Å²) < 4.78 is 32.6. The largest absolute Gasteiger partial charge is 0.468 e. The Kier molecular flexibility index (Phi) is 6.08. The molecule has 2 rings (SSSR count). The van der Waals surface area contributed by atoms with E-state index in [0.29, 0.717) is 22.4 Å². The van der Waals surface area contributed by atoms with Gasteiger partial charge in [-0.05, 0) is 44.4 Å². The molecule has 150 valence electrons. The summed E-state index contributed by atoms with van der Waals surface area (Å²) in [6, 6.07) is 7.23. The van der Waals surface area contributed by atoms with E-state index >= 15 is 0 Å². The van der Waals surface area contributed by atoms with Gasteiger partial charge in [-0.3, -0.25) is 19.2 Å². The summed E-state index contributed by atoms with van der Waals surface area (Å²) in [5, 5.41) is 11.1. The van der Waals surface area contributed by atoms with Crippen molar-refractivity contribution in [2.24, 2.45) is 0 Å². The fourth-order valence-corrected chi connectivity index (χ4v) is 4.92. The Labute approximate surface area is 163 Å². The molecule has 0 amide bonds. The van der Waals surface area contributed by atoms with Crippen LogP contribution in [0.25, 0.3) is 0 Å². The molecule has 0 radical (unpaired) electrons. The highest BCUT2D eigenvalue weighted by molar-refractivity contribution is 7.93. The lowest BCUT2D eigenvalue weighted by Gasteiger charge is -2.27. The van der Waals surface area contributed by atoms with E-state index in [2.05, 4.69) is 4.74 Å². The van der Waals surface area contributed by atoms with E-state index in [4.69, 9.17) is 0 Å². The molecule has 8 nitrogen and oxygen atoms in total. The Morgan fingerprint density at radius 2 is 1.64 bits per heavy atom. The van der Waals surface area contributed by atoms with E-state index in [9.17, 15) is 23.3 Å². The van der Waals surface area contributed by atoms with Gasteiger partial charge in [-0.15, -0.1) is 0 Å². The molecule has 0 aliphatic carbocycles. The van der Waals surface area contributed by atoms with Crippen LogP contribution in [0.2, 0.25) is 0 Å². The van der Waals surface area contributed by atoms with E-state index in [0.717, 1.165) is 15.9 Å². The first-order chi connectivity index (χ1) is 13.0. The number of benzene rings is 2. The highest BCUT2D eigenvalue weighted by Gasteiger charge is 2.32. The van der Waals surface area contributed by atoms with Gasteiger partial charge in [-0.25, -0.2) is 8.42 Å². The maximum atomic E-state index is 13.5. The van der Waals surface area contributed by atoms with E-state index in [1.54, 1.807) is 20.8 Å². The maximum Gasteiger partial charge on any atom is 0.326 e. The highest BCUT2D eigenvalue weighted by Crippen LogP contribution is 2.33. The van der Waals surface area contributed by atoms with Crippen molar-refractivity contribution in [3.8, 4) is 0 Å². The zero-order chi connectivity index (χ0) is 21.2. The van der Waals surface area contributed by atoms with Gasteiger partial charge in [0.15, 0.2) is 0 Å². The van der Waals surface area contributed by atoms with Crippen molar-refractivity contribution in [1.82, 2.24) is 0 Å². The second-order valence-corrected chi connectivity index (χ2v) is 8.37. The number of carbonyl (C=O) groups is 1. The van der Waals surface area contributed by atoms with Crippen LogP contribution in [0.5, 0.6) is 0 Å². The molecule has 0 fully saturated rings. The number of sulfonamides is 1. The third-order valence-corrected chi connectivity index (χ3v) is 6.22. The maximum absolute atomic E-state index is 13.5. The molecule has 0 aliphatic rings. The number of methoxy groups -OCH3 is 1. The monoisotopic (exact) mass is 406 g/mol. The Balaban J connectivity index is 2.76. The van der Waals surface area contributed by atoms with E-state index in [1.807, 2.05) is 19.1 Å². The Morgan fingerprint density at radius 1 is 1.07 bits per heavy atom. The number of ether oxygens (including phenoxy) is 1. The van der Waals surface area contributed by atoms with E-state index in [-0.39, 0.29) is 10.6 Å². The highest BCUT2D eigenvalue weighted by atomic mass is 32.2. The minimum atomic E-state index is -4.28. The molecule has 0 unspecified atom stereocenters. The molecule has 0 aromatic heterocycles. The van der Waals surface area contributed by atoms with Crippen LogP contribution in [0.1, 0.15) is 22.3 Å². The second kappa shape index (κ2) is 7.97. The third-order valence-electron chi connectivity index (χ3n) is 4.34. The summed E-state index contributed by atoms with van der Waals surface area (Å²) in [7, 11) is -3.11. The fourth-order valence-electron chi connectivity index (χ4n) is 3.13. The molecule has 0 saturated heterocycles. The molecule has 2 aromatic carbocycles.